The van der Waals surface area contributed by atoms with E-state index in [1.807, 2.05) is 11.8 Å². The van der Waals surface area contributed by atoms with Crippen molar-refractivity contribution in [2.24, 2.45) is 0 Å². The number of fused-ring (bicyclic) bond motifs is 1. The Balaban J connectivity index is 1.29. The zero-order valence-corrected chi connectivity index (χ0v) is 17.9. The summed E-state index contributed by atoms with van der Waals surface area (Å²) in [6, 6.07) is 0.444. The molecule has 0 aromatic carbocycles. The van der Waals surface area contributed by atoms with Gasteiger partial charge in [0.15, 0.2) is 5.69 Å². The van der Waals surface area contributed by atoms with Gasteiger partial charge in [-0.2, -0.15) is 4.98 Å². The van der Waals surface area contributed by atoms with Crippen molar-refractivity contribution < 1.29 is 14.3 Å². The fraction of sp³-hybridized carbons (Fsp3) is 0.579. The van der Waals surface area contributed by atoms with Crippen LogP contribution in [-0.2, 0) is 15.9 Å². The lowest BCUT2D eigenvalue weighted by atomic mass is 10.1. The Bertz CT molecular complexity index is 882. The summed E-state index contributed by atoms with van der Waals surface area (Å²) in [5.41, 5.74) is 3.15. The lowest BCUT2D eigenvalue weighted by Gasteiger charge is -2.39. The van der Waals surface area contributed by atoms with Crippen molar-refractivity contribution in [3.63, 3.8) is 0 Å². The van der Waals surface area contributed by atoms with Crippen LogP contribution in [0.5, 0.6) is 0 Å². The van der Waals surface area contributed by atoms with Gasteiger partial charge in [-0.1, -0.05) is 0 Å². The van der Waals surface area contributed by atoms with Crippen LogP contribution in [-0.4, -0.2) is 72.2 Å². The number of hydrogen-bond donors (Lipinski definition) is 0. The van der Waals surface area contributed by atoms with E-state index < -0.39 is 0 Å². The number of carbonyl (C=O) groups excluding carboxylic acids is 1. The van der Waals surface area contributed by atoms with E-state index in [0.717, 1.165) is 55.7 Å². The van der Waals surface area contributed by atoms with Crippen LogP contribution < -0.4 is 9.80 Å². The van der Waals surface area contributed by atoms with E-state index in [1.165, 1.54) is 16.2 Å². The smallest absolute Gasteiger partial charge is 0.358 e. The standard InChI is InChI=1S/C19H23N5O3S2/c1-23(12-2-5-26-6-3-12)17-16-14(4-7-29-16)21-19(22-17)24-8-13(9-24)27-18(25)15-10-28-11-20-15/h10-13H,2-9H2,1H3. The van der Waals surface area contributed by atoms with Crippen molar-refractivity contribution in [2.75, 3.05) is 48.9 Å². The van der Waals surface area contributed by atoms with Crippen LogP contribution >= 0.6 is 23.1 Å². The monoisotopic (exact) mass is 433 g/mol. The van der Waals surface area contributed by atoms with Crippen LogP contribution in [0, 0.1) is 0 Å². The SMILES string of the molecule is CN(c1nc(N2CC(OC(=O)c3cscn3)C2)nc2c1SCC2)C1CCOCC1. The maximum atomic E-state index is 12.1. The average Bonchev–Trinajstić information content (AvgIpc) is 3.41. The number of hydrogen-bond acceptors (Lipinski definition) is 10. The zero-order valence-electron chi connectivity index (χ0n) is 16.2. The van der Waals surface area contributed by atoms with Crippen LogP contribution in [0.25, 0.3) is 0 Å². The number of aryl methyl sites for hydroxylation is 1. The molecule has 0 radical (unpaired) electrons. The molecule has 154 valence electrons. The van der Waals surface area contributed by atoms with Crippen LogP contribution in [0.1, 0.15) is 29.0 Å². The highest BCUT2D eigenvalue weighted by molar-refractivity contribution is 7.99. The molecule has 2 fully saturated rings. The first kappa shape index (κ1) is 19.1. The molecule has 2 saturated heterocycles. The van der Waals surface area contributed by atoms with Gasteiger partial charge in [-0.15, -0.1) is 23.1 Å². The van der Waals surface area contributed by atoms with Crippen molar-refractivity contribution in [2.45, 2.75) is 36.3 Å². The van der Waals surface area contributed by atoms with E-state index in [-0.39, 0.29) is 12.1 Å². The van der Waals surface area contributed by atoms with E-state index in [4.69, 9.17) is 19.4 Å². The Morgan fingerprint density at radius 1 is 1.31 bits per heavy atom. The highest BCUT2D eigenvalue weighted by Gasteiger charge is 2.35. The van der Waals surface area contributed by atoms with E-state index >= 15 is 0 Å². The van der Waals surface area contributed by atoms with Gasteiger partial charge in [-0.3, -0.25) is 0 Å². The summed E-state index contributed by atoms with van der Waals surface area (Å²) in [7, 11) is 2.13. The average molecular weight is 434 g/mol. The van der Waals surface area contributed by atoms with Gasteiger partial charge in [0, 0.05) is 43.9 Å². The molecule has 0 saturated carbocycles. The number of aromatic nitrogens is 3. The van der Waals surface area contributed by atoms with Gasteiger partial charge < -0.3 is 19.3 Å². The maximum absolute atomic E-state index is 12.1. The van der Waals surface area contributed by atoms with Crippen molar-refractivity contribution in [1.29, 1.82) is 0 Å². The molecule has 8 nitrogen and oxygen atoms in total. The Labute approximate surface area is 177 Å². The molecule has 3 aliphatic heterocycles. The second-order valence-electron chi connectivity index (χ2n) is 7.48. The molecule has 0 amide bonds. The summed E-state index contributed by atoms with van der Waals surface area (Å²) < 4.78 is 11.0. The molecule has 3 aliphatic rings. The minimum absolute atomic E-state index is 0.146. The summed E-state index contributed by atoms with van der Waals surface area (Å²) in [6.45, 7) is 2.84. The Morgan fingerprint density at radius 3 is 2.90 bits per heavy atom. The molecule has 29 heavy (non-hydrogen) atoms. The molecule has 2 aromatic rings. The molecular formula is C19H23N5O3S2. The van der Waals surface area contributed by atoms with Crippen molar-refractivity contribution in [1.82, 2.24) is 15.0 Å². The number of ether oxygens (including phenoxy) is 2. The van der Waals surface area contributed by atoms with Crippen molar-refractivity contribution in [3.8, 4) is 0 Å². The van der Waals surface area contributed by atoms with Crippen molar-refractivity contribution >= 4 is 40.8 Å². The number of nitrogens with zero attached hydrogens (tertiary/aromatic N) is 5. The molecule has 0 spiro atoms. The largest absolute Gasteiger partial charge is 0.454 e. The molecule has 0 atom stereocenters. The molecule has 0 unspecified atom stereocenters. The number of esters is 1. The lowest BCUT2D eigenvalue weighted by Crippen LogP contribution is -2.54. The van der Waals surface area contributed by atoms with E-state index in [0.29, 0.717) is 24.8 Å². The summed E-state index contributed by atoms with van der Waals surface area (Å²) in [5.74, 6) is 2.46. The number of anilines is 2. The zero-order chi connectivity index (χ0) is 19.8. The first-order chi connectivity index (χ1) is 14.2. The highest BCUT2D eigenvalue weighted by atomic mass is 32.2. The summed E-state index contributed by atoms with van der Waals surface area (Å²) >= 11 is 3.24. The molecule has 5 rings (SSSR count). The minimum Gasteiger partial charge on any atom is -0.454 e. The van der Waals surface area contributed by atoms with E-state index in [9.17, 15) is 4.79 Å². The second-order valence-corrected chi connectivity index (χ2v) is 9.31. The third-order valence-corrected chi connectivity index (χ3v) is 7.31. The van der Waals surface area contributed by atoms with Crippen LogP contribution in [0.2, 0.25) is 0 Å². The molecule has 0 N–H and O–H groups in total. The summed E-state index contributed by atoms with van der Waals surface area (Å²) in [6.07, 6.45) is 2.87. The molecule has 0 bridgehead atoms. The van der Waals surface area contributed by atoms with Gasteiger partial charge in [0.1, 0.15) is 11.9 Å². The van der Waals surface area contributed by atoms with Gasteiger partial charge in [0.05, 0.1) is 29.2 Å². The van der Waals surface area contributed by atoms with Crippen LogP contribution in [0.4, 0.5) is 11.8 Å². The Hall–Kier alpha value is -1.91. The van der Waals surface area contributed by atoms with E-state index in [2.05, 4.69) is 21.8 Å². The van der Waals surface area contributed by atoms with Gasteiger partial charge >= 0.3 is 5.97 Å². The Morgan fingerprint density at radius 2 is 2.14 bits per heavy atom. The maximum Gasteiger partial charge on any atom is 0.358 e. The number of thiazole rings is 1. The third-order valence-electron chi connectivity index (χ3n) is 5.61. The number of carbonyl (C=O) groups is 1. The summed E-state index contributed by atoms with van der Waals surface area (Å²) in [4.78, 5) is 31.5. The first-order valence-corrected chi connectivity index (χ1v) is 11.8. The van der Waals surface area contributed by atoms with Gasteiger partial charge in [0.25, 0.3) is 0 Å². The normalized spacial score (nSPS) is 19.7. The quantitative estimate of drug-likeness (QED) is 0.660. The van der Waals surface area contributed by atoms with E-state index in [1.54, 1.807) is 10.9 Å². The number of thioether (sulfide) groups is 1. The third kappa shape index (κ3) is 3.80. The highest BCUT2D eigenvalue weighted by Crippen LogP contribution is 2.39. The molecule has 5 heterocycles. The fourth-order valence-corrected chi connectivity index (χ4v) is 5.52. The molecule has 0 aliphatic carbocycles. The second kappa shape index (κ2) is 8.08. The molecule has 10 heteroatoms. The van der Waals surface area contributed by atoms with Gasteiger partial charge in [0.2, 0.25) is 5.95 Å². The van der Waals surface area contributed by atoms with Crippen molar-refractivity contribution in [3.05, 3.63) is 22.3 Å². The number of rotatable bonds is 5. The predicted molar refractivity (Wildman–Crippen MR) is 112 cm³/mol. The minimum atomic E-state index is -0.359. The van der Waals surface area contributed by atoms with Gasteiger partial charge in [-0.25, -0.2) is 14.8 Å². The van der Waals surface area contributed by atoms with Gasteiger partial charge in [-0.05, 0) is 12.8 Å². The fourth-order valence-electron chi connectivity index (χ4n) is 3.86. The van der Waals surface area contributed by atoms with Crippen LogP contribution in [0.15, 0.2) is 15.8 Å². The first-order valence-electron chi connectivity index (χ1n) is 9.87. The summed E-state index contributed by atoms with van der Waals surface area (Å²) in [5, 5.41) is 1.71. The lowest BCUT2D eigenvalue weighted by molar-refractivity contribution is 0.0225. The predicted octanol–water partition coefficient (Wildman–Crippen LogP) is 2.24. The molecule has 2 aromatic heterocycles. The molecular weight excluding hydrogens is 410 g/mol. The van der Waals surface area contributed by atoms with Crippen LogP contribution in [0.3, 0.4) is 0 Å². The topological polar surface area (TPSA) is 80.7 Å². The Kier molecular flexibility index (Phi) is 5.31.